The van der Waals surface area contributed by atoms with Crippen molar-refractivity contribution in [1.29, 1.82) is 0 Å². The molecular formula is C23H24F3N3O4S. The zero-order valence-electron chi connectivity index (χ0n) is 18.6. The van der Waals surface area contributed by atoms with E-state index in [4.69, 9.17) is 9.47 Å². The quantitative estimate of drug-likeness (QED) is 0.510. The highest BCUT2D eigenvalue weighted by atomic mass is 32.2. The number of rotatable bonds is 9. The number of aliphatic imine (C=N–C) groups is 1. The van der Waals surface area contributed by atoms with E-state index in [0.717, 1.165) is 23.9 Å². The molecule has 34 heavy (non-hydrogen) atoms. The summed E-state index contributed by atoms with van der Waals surface area (Å²) >= 11 is 1.15. The predicted molar refractivity (Wildman–Crippen MR) is 124 cm³/mol. The Bertz CT molecular complexity index is 1040. The van der Waals surface area contributed by atoms with E-state index >= 15 is 0 Å². The van der Waals surface area contributed by atoms with E-state index in [-0.39, 0.29) is 18.0 Å². The first kappa shape index (κ1) is 25.6. The van der Waals surface area contributed by atoms with Gasteiger partial charge in [-0.05, 0) is 48.9 Å². The van der Waals surface area contributed by atoms with Crippen molar-refractivity contribution in [3.63, 3.8) is 0 Å². The molecule has 1 saturated heterocycles. The molecule has 1 unspecified atom stereocenters. The minimum atomic E-state index is -4.52. The van der Waals surface area contributed by atoms with Crippen molar-refractivity contribution in [2.75, 3.05) is 32.7 Å². The fraction of sp³-hybridized carbons (Fsp3) is 0.348. The molecule has 1 aliphatic heterocycles. The molecule has 1 heterocycles. The Balaban J connectivity index is 1.73. The molecule has 3 rings (SSSR count). The summed E-state index contributed by atoms with van der Waals surface area (Å²) in [6.45, 7) is 0.811. The number of methoxy groups -OCH3 is 2. The van der Waals surface area contributed by atoms with Crippen LogP contribution in [0.2, 0.25) is 0 Å². The van der Waals surface area contributed by atoms with Gasteiger partial charge in [0.2, 0.25) is 11.8 Å². The van der Waals surface area contributed by atoms with Crippen LogP contribution < -0.4 is 10.1 Å². The molecular weight excluding hydrogens is 471 g/mol. The van der Waals surface area contributed by atoms with Gasteiger partial charge in [0, 0.05) is 32.4 Å². The summed E-state index contributed by atoms with van der Waals surface area (Å²) in [5.74, 6) is -0.180. The van der Waals surface area contributed by atoms with Gasteiger partial charge in [0.05, 0.1) is 18.4 Å². The molecule has 0 spiro atoms. The van der Waals surface area contributed by atoms with Crippen LogP contribution in [0.25, 0.3) is 0 Å². The van der Waals surface area contributed by atoms with Crippen LogP contribution in [0.15, 0.2) is 53.5 Å². The summed E-state index contributed by atoms with van der Waals surface area (Å²) in [5, 5.41) is 2.15. The molecule has 1 atom stereocenters. The lowest BCUT2D eigenvalue weighted by Gasteiger charge is -2.16. The number of nitrogens with one attached hydrogen (secondary N) is 1. The molecule has 7 nitrogen and oxygen atoms in total. The molecule has 1 N–H and O–H groups in total. The number of carbonyl (C=O) groups excluding carboxylic acids is 2. The first-order valence-corrected chi connectivity index (χ1v) is 11.3. The van der Waals surface area contributed by atoms with Crippen molar-refractivity contribution in [3.05, 3.63) is 54.1 Å². The third-order valence-electron chi connectivity index (χ3n) is 4.89. The molecule has 11 heteroatoms. The van der Waals surface area contributed by atoms with E-state index in [2.05, 4.69) is 10.3 Å². The number of nitrogens with zero attached hydrogens (tertiary/aromatic N) is 2. The van der Waals surface area contributed by atoms with Crippen molar-refractivity contribution in [2.45, 2.75) is 24.3 Å². The summed E-state index contributed by atoms with van der Waals surface area (Å²) in [6.07, 6.45) is -4.15. The highest BCUT2D eigenvalue weighted by Crippen LogP contribution is 2.33. The fourth-order valence-electron chi connectivity index (χ4n) is 3.22. The monoisotopic (exact) mass is 495 g/mol. The van der Waals surface area contributed by atoms with Crippen LogP contribution in [0.1, 0.15) is 18.4 Å². The Hall–Kier alpha value is -3.05. The van der Waals surface area contributed by atoms with Crippen LogP contribution in [0, 0.1) is 0 Å². The molecule has 0 aliphatic carbocycles. The Morgan fingerprint density at radius 1 is 1.18 bits per heavy atom. The zero-order valence-corrected chi connectivity index (χ0v) is 19.4. The van der Waals surface area contributed by atoms with E-state index in [1.54, 1.807) is 38.5 Å². The average Bonchev–Trinajstić information content (AvgIpc) is 3.08. The Labute approximate surface area is 199 Å². The largest absolute Gasteiger partial charge is 0.497 e. The lowest BCUT2D eigenvalue weighted by atomic mass is 10.2. The Kier molecular flexibility index (Phi) is 8.56. The molecule has 1 aliphatic rings. The number of carbonyl (C=O) groups is 2. The second-order valence-electron chi connectivity index (χ2n) is 7.37. The maximum Gasteiger partial charge on any atom is 0.416 e. The van der Waals surface area contributed by atoms with Gasteiger partial charge in [0.15, 0.2) is 5.17 Å². The molecule has 0 aromatic heterocycles. The molecule has 0 radical (unpaired) electrons. The molecule has 0 saturated carbocycles. The molecule has 1 fully saturated rings. The van der Waals surface area contributed by atoms with Crippen LogP contribution in [0.3, 0.4) is 0 Å². The molecule has 2 aromatic rings. The number of anilines is 1. The third kappa shape index (κ3) is 6.73. The van der Waals surface area contributed by atoms with Gasteiger partial charge in [-0.3, -0.25) is 14.5 Å². The van der Waals surface area contributed by atoms with E-state index in [1.807, 2.05) is 0 Å². The van der Waals surface area contributed by atoms with Gasteiger partial charge in [-0.1, -0.05) is 17.8 Å². The minimum Gasteiger partial charge on any atom is -0.497 e. The number of ether oxygens (including phenoxy) is 2. The van der Waals surface area contributed by atoms with Crippen molar-refractivity contribution in [2.24, 2.45) is 4.99 Å². The summed E-state index contributed by atoms with van der Waals surface area (Å²) < 4.78 is 49.0. The highest BCUT2D eigenvalue weighted by Gasteiger charge is 2.39. The van der Waals surface area contributed by atoms with Crippen molar-refractivity contribution >= 4 is 40.1 Å². The van der Waals surface area contributed by atoms with Gasteiger partial charge < -0.3 is 14.8 Å². The summed E-state index contributed by atoms with van der Waals surface area (Å²) in [5.41, 5.74) is -0.240. The summed E-state index contributed by atoms with van der Waals surface area (Å²) in [7, 11) is 3.12. The van der Waals surface area contributed by atoms with Gasteiger partial charge >= 0.3 is 6.18 Å². The number of alkyl halides is 3. The van der Waals surface area contributed by atoms with Gasteiger partial charge in [-0.15, -0.1) is 0 Å². The zero-order chi connectivity index (χ0) is 24.7. The van der Waals surface area contributed by atoms with Gasteiger partial charge in [0.1, 0.15) is 11.0 Å². The Morgan fingerprint density at radius 3 is 2.56 bits per heavy atom. The predicted octanol–water partition coefficient (Wildman–Crippen LogP) is 4.71. The van der Waals surface area contributed by atoms with Crippen LogP contribution in [0.4, 0.5) is 24.5 Å². The van der Waals surface area contributed by atoms with Crippen LogP contribution >= 0.6 is 11.8 Å². The Morgan fingerprint density at radius 2 is 1.91 bits per heavy atom. The number of thioether (sulfide) groups is 1. The first-order chi connectivity index (χ1) is 16.2. The van der Waals surface area contributed by atoms with Gasteiger partial charge in [-0.25, -0.2) is 4.99 Å². The van der Waals surface area contributed by atoms with E-state index in [1.165, 1.54) is 17.0 Å². The van der Waals surface area contributed by atoms with Crippen molar-refractivity contribution < 1.29 is 32.2 Å². The lowest BCUT2D eigenvalue weighted by Crippen LogP contribution is -2.34. The first-order valence-electron chi connectivity index (χ1n) is 10.4. The van der Waals surface area contributed by atoms with E-state index in [9.17, 15) is 22.8 Å². The number of hydrogen-bond acceptors (Lipinski definition) is 6. The second kappa shape index (κ2) is 11.4. The van der Waals surface area contributed by atoms with Crippen LogP contribution in [0.5, 0.6) is 5.75 Å². The number of amidine groups is 1. The molecule has 0 bridgehead atoms. The second-order valence-corrected chi connectivity index (χ2v) is 8.54. The van der Waals surface area contributed by atoms with Gasteiger partial charge in [-0.2, -0.15) is 13.2 Å². The van der Waals surface area contributed by atoms with Crippen LogP contribution in [-0.2, 0) is 20.5 Å². The van der Waals surface area contributed by atoms with Crippen LogP contribution in [-0.4, -0.2) is 54.5 Å². The summed E-state index contributed by atoms with van der Waals surface area (Å²) in [6, 6.07) is 11.3. The average molecular weight is 496 g/mol. The molecule has 2 aromatic carbocycles. The number of amides is 2. The molecule has 182 valence electrons. The lowest BCUT2D eigenvalue weighted by molar-refractivity contribution is -0.137. The topological polar surface area (TPSA) is 80.2 Å². The normalized spacial score (nSPS) is 17.3. The standard InChI is InChI=1S/C23H24F3N3O4S/c1-32-12-4-11-29-21(31)19(34-22(29)28-16-7-9-18(33-2)10-8-16)14-20(30)27-17-6-3-5-15(13-17)23(24,25)26/h3,5-10,13,19H,4,11-12,14H2,1-2H3,(H,27,30). The maximum absolute atomic E-state index is 13.0. The van der Waals surface area contributed by atoms with Crippen molar-refractivity contribution in [1.82, 2.24) is 4.90 Å². The maximum atomic E-state index is 13.0. The third-order valence-corrected chi connectivity index (χ3v) is 6.07. The van der Waals surface area contributed by atoms with E-state index in [0.29, 0.717) is 36.2 Å². The smallest absolute Gasteiger partial charge is 0.416 e. The number of hydrogen-bond donors (Lipinski definition) is 1. The van der Waals surface area contributed by atoms with E-state index < -0.39 is 22.9 Å². The summed E-state index contributed by atoms with van der Waals surface area (Å²) in [4.78, 5) is 31.6. The molecule has 2 amide bonds. The highest BCUT2D eigenvalue weighted by molar-refractivity contribution is 8.15. The minimum absolute atomic E-state index is 0.0133. The van der Waals surface area contributed by atoms with Crippen molar-refractivity contribution in [3.8, 4) is 5.75 Å². The fourth-order valence-corrected chi connectivity index (χ4v) is 4.40. The van der Waals surface area contributed by atoms with Gasteiger partial charge in [0.25, 0.3) is 0 Å². The number of benzene rings is 2. The number of halogens is 3. The SMILES string of the molecule is COCCCN1C(=O)C(CC(=O)Nc2cccc(C(F)(F)F)c2)SC1=Nc1ccc(OC)cc1.